The van der Waals surface area contributed by atoms with E-state index in [1.165, 1.54) is 6.33 Å². The predicted molar refractivity (Wildman–Crippen MR) is 54.8 cm³/mol. The average molecular weight is 206 g/mol. The number of aryl methyl sites for hydroxylation is 1. The van der Waals surface area contributed by atoms with Crippen molar-refractivity contribution in [2.45, 2.75) is 19.5 Å². The number of H-pyrrole nitrogens is 1. The Hall–Kier alpha value is -1.69. The van der Waals surface area contributed by atoms with Crippen molar-refractivity contribution in [2.75, 3.05) is 0 Å². The molecule has 15 heavy (non-hydrogen) atoms. The number of nitrogens with one attached hydrogen (secondary N) is 2. The van der Waals surface area contributed by atoms with E-state index >= 15 is 0 Å². The Morgan fingerprint density at radius 2 is 2.47 bits per heavy atom. The molecule has 0 saturated heterocycles. The van der Waals surface area contributed by atoms with Gasteiger partial charge in [-0.2, -0.15) is 10.2 Å². The van der Waals surface area contributed by atoms with Crippen molar-refractivity contribution in [1.82, 2.24) is 30.3 Å². The zero-order chi connectivity index (χ0) is 10.7. The lowest BCUT2D eigenvalue weighted by Crippen LogP contribution is -2.18. The monoisotopic (exact) mass is 206 g/mol. The Bertz CT molecular complexity index is 404. The Labute approximate surface area is 87.7 Å². The summed E-state index contributed by atoms with van der Waals surface area (Å²) in [5.41, 5.74) is 1.16. The standard InChI is InChI=1S/C9H14N6/c1-7(8-3-13-15(2)5-8)10-4-9-11-6-12-14-9/h3,5-7,10H,4H2,1-2H3,(H,11,12,14). The van der Waals surface area contributed by atoms with E-state index < -0.39 is 0 Å². The van der Waals surface area contributed by atoms with Crippen LogP contribution in [-0.4, -0.2) is 25.0 Å². The first kappa shape index (κ1) is 9.85. The molecular formula is C9H14N6. The molecule has 0 fully saturated rings. The molecule has 0 amide bonds. The first-order chi connectivity index (χ1) is 7.25. The van der Waals surface area contributed by atoms with Gasteiger partial charge in [0.1, 0.15) is 12.2 Å². The molecule has 0 radical (unpaired) electrons. The average Bonchev–Trinajstić information content (AvgIpc) is 2.84. The highest BCUT2D eigenvalue weighted by atomic mass is 15.2. The Balaban J connectivity index is 1.90. The van der Waals surface area contributed by atoms with E-state index in [1.807, 2.05) is 19.4 Å². The second kappa shape index (κ2) is 4.22. The van der Waals surface area contributed by atoms with Crippen LogP contribution in [0.4, 0.5) is 0 Å². The van der Waals surface area contributed by atoms with Crippen molar-refractivity contribution in [2.24, 2.45) is 7.05 Å². The lowest BCUT2D eigenvalue weighted by atomic mass is 10.2. The third kappa shape index (κ3) is 2.41. The highest BCUT2D eigenvalue weighted by Crippen LogP contribution is 2.10. The topological polar surface area (TPSA) is 71.4 Å². The van der Waals surface area contributed by atoms with Crippen molar-refractivity contribution < 1.29 is 0 Å². The molecule has 0 aliphatic heterocycles. The fourth-order valence-corrected chi connectivity index (χ4v) is 1.35. The van der Waals surface area contributed by atoms with Crippen LogP contribution in [0.2, 0.25) is 0 Å². The van der Waals surface area contributed by atoms with Gasteiger partial charge >= 0.3 is 0 Å². The van der Waals surface area contributed by atoms with E-state index in [0.717, 1.165) is 11.4 Å². The summed E-state index contributed by atoms with van der Waals surface area (Å²) in [6.07, 6.45) is 5.36. The third-order valence-electron chi connectivity index (χ3n) is 2.27. The lowest BCUT2D eigenvalue weighted by molar-refractivity contribution is 0.560. The summed E-state index contributed by atoms with van der Waals surface area (Å²) in [6.45, 7) is 2.77. The van der Waals surface area contributed by atoms with E-state index in [1.54, 1.807) is 4.68 Å². The van der Waals surface area contributed by atoms with Gasteiger partial charge in [0.2, 0.25) is 0 Å². The van der Waals surface area contributed by atoms with E-state index in [9.17, 15) is 0 Å². The molecule has 0 aromatic carbocycles. The van der Waals surface area contributed by atoms with Gasteiger partial charge in [0.05, 0.1) is 12.7 Å². The molecule has 6 nitrogen and oxygen atoms in total. The predicted octanol–water partition coefficient (Wildman–Crippen LogP) is 0.389. The number of rotatable bonds is 4. The van der Waals surface area contributed by atoms with Crippen molar-refractivity contribution in [3.63, 3.8) is 0 Å². The maximum absolute atomic E-state index is 4.12. The minimum atomic E-state index is 0.254. The molecule has 0 aliphatic rings. The smallest absolute Gasteiger partial charge is 0.138 e. The first-order valence-corrected chi connectivity index (χ1v) is 4.82. The number of aromatic amines is 1. The molecule has 2 aromatic heterocycles. The van der Waals surface area contributed by atoms with Gasteiger partial charge in [-0.3, -0.25) is 9.78 Å². The van der Waals surface area contributed by atoms with Gasteiger partial charge in [0.15, 0.2) is 0 Å². The van der Waals surface area contributed by atoms with Crippen LogP contribution < -0.4 is 5.32 Å². The molecule has 2 heterocycles. The summed E-state index contributed by atoms with van der Waals surface area (Å²) in [5, 5.41) is 14.0. The summed E-state index contributed by atoms with van der Waals surface area (Å²) < 4.78 is 1.79. The molecular weight excluding hydrogens is 192 g/mol. The van der Waals surface area contributed by atoms with Gasteiger partial charge in [0.25, 0.3) is 0 Å². The van der Waals surface area contributed by atoms with Crippen LogP contribution in [0.15, 0.2) is 18.7 Å². The quantitative estimate of drug-likeness (QED) is 0.759. The van der Waals surface area contributed by atoms with Crippen molar-refractivity contribution in [3.8, 4) is 0 Å². The number of hydrogen-bond acceptors (Lipinski definition) is 4. The fraction of sp³-hybridized carbons (Fsp3) is 0.444. The van der Waals surface area contributed by atoms with Gasteiger partial charge in [-0.15, -0.1) is 0 Å². The minimum absolute atomic E-state index is 0.254. The minimum Gasteiger partial charge on any atom is -0.303 e. The first-order valence-electron chi connectivity index (χ1n) is 4.82. The summed E-state index contributed by atoms with van der Waals surface area (Å²) >= 11 is 0. The Morgan fingerprint density at radius 3 is 3.07 bits per heavy atom. The molecule has 2 aromatic rings. The van der Waals surface area contributed by atoms with Crippen LogP contribution in [0.5, 0.6) is 0 Å². The summed E-state index contributed by atoms with van der Waals surface area (Å²) in [6, 6.07) is 0.254. The summed E-state index contributed by atoms with van der Waals surface area (Å²) in [4.78, 5) is 4.04. The molecule has 2 N–H and O–H groups in total. The van der Waals surface area contributed by atoms with Crippen LogP contribution in [0.25, 0.3) is 0 Å². The van der Waals surface area contributed by atoms with Crippen LogP contribution in [0.3, 0.4) is 0 Å². The molecule has 0 aliphatic carbocycles. The number of nitrogens with zero attached hydrogens (tertiary/aromatic N) is 4. The van der Waals surface area contributed by atoms with Gasteiger partial charge in [-0.25, -0.2) is 4.98 Å². The van der Waals surface area contributed by atoms with Crippen molar-refractivity contribution >= 4 is 0 Å². The van der Waals surface area contributed by atoms with Gasteiger partial charge < -0.3 is 5.32 Å². The number of hydrogen-bond donors (Lipinski definition) is 2. The summed E-state index contributed by atoms with van der Waals surface area (Å²) in [7, 11) is 1.91. The van der Waals surface area contributed by atoms with Crippen LogP contribution in [-0.2, 0) is 13.6 Å². The number of aromatic nitrogens is 5. The van der Waals surface area contributed by atoms with E-state index in [2.05, 4.69) is 32.5 Å². The van der Waals surface area contributed by atoms with Crippen LogP contribution in [0.1, 0.15) is 24.4 Å². The molecule has 80 valence electrons. The fourth-order valence-electron chi connectivity index (χ4n) is 1.35. The van der Waals surface area contributed by atoms with Crippen LogP contribution in [0, 0.1) is 0 Å². The maximum Gasteiger partial charge on any atom is 0.138 e. The zero-order valence-corrected chi connectivity index (χ0v) is 8.81. The van der Waals surface area contributed by atoms with E-state index in [0.29, 0.717) is 6.54 Å². The third-order valence-corrected chi connectivity index (χ3v) is 2.27. The molecule has 1 unspecified atom stereocenters. The molecule has 2 rings (SSSR count). The van der Waals surface area contributed by atoms with Gasteiger partial charge in [0, 0.05) is 24.8 Å². The van der Waals surface area contributed by atoms with Crippen molar-refractivity contribution in [1.29, 1.82) is 0 Å². The Morgan fingerprint density at radius 1 is 1.60 bits per heavy atom. The molecule has 0 spiro atoms. The van der Waals surface area contributed by atoms with Gasteiger partial charge in [-0.1, -0.05) is 0 Å². The maximum atomic E-state index is 4.12. The van der Waals surface area contributed by atoms with Crippen molar-refractivity contribution in [3.05, 3.63) is 30.1 Å². The molecule has 1 atom stereocenters. The zero-order valence-electron chi connectivity index (χ0n) is 8.81. The summed E-state index contributed by atoms with van der Waals surface area (Å²) in [5.74, 6) is 0.839. The lowest BCUT2D eigenvalue weighted by Gasteiger charge is -2.09. The largest absolute Gasteiger partial charge is 0.303 e. The Kier molecular flexibility index (Phi) is 2.77. The highest BCUT2D eigenvalue weighted by Gasteiger charge is 2.07. The molecule has 6 heteroatoms. The normalized spacial score (nSPS) is 12.9. The van der Waals surface area contributed by atoms with E-state index in [-0.39, 0.29) is 6.04 Å². The molecule has 0 saturated carbocycles. The van der Waals surface area contributed by atoms with Crippen LogP contribution >= 0.6 is 0 Å². The second-order valence-electron chi connectivity index (χ2n) is 3.48. The second-order valence-corrected chi connectivity index (χ2v) is 3.48. The molecule has 0 bridgehead atoms. The van der Waals surface area contributed by atoms with Gasteiger partial charge in [-0.05, 0) is 6.92 Å². The SMILES string of the molecule is CC(NCc1ncn[nH]1)c1cnn(C)c1. The van der Waals surface area contributed by atoms with E-state index in [4.69, 9.17) is 0 Å². The highest BCUT2D eigenvalue weighted by molar-refractivity contribution is 5.08.